The lowest BCUT2D eigenvalue weighted by atomic mass is 9.74. The summed E-state index contributed by atoms with van der Waals surface area (Å²) in [6.45, 7) is 20.8. The van der Waals surface area contributed by atoms with Crippen molar-refractivity contribution in [1.82, 2.24) is 0 Å². The van der Waals surface area contributed by atoms with Crippen molar-refractivity contribution in [2.75, 3.05) is 0 Å². The highest BCUT2D eigenvalue weighted by molar-refractivity contribution is 5.84. The van der Waals surface area contributed by atoms with Crippen LogP contribution >= 0.6 is 0 Å². The third-order valence-electron chi connectivity index (χ3n) is 10.7. The summed E-state index contributed by atoms with van der Waals surface area (Å²) in [6.07, 6.45) is -13.0. The van der Waals surface area contributed by atoms with E-state index < -0.39 is 52.7 Å². The van der Waals surface area contributed by atoms with Crippen LogP contribution in [0.4, 0.5) is 26.3 Å². The largest absolute Gasteiger partial charge is 0.458 e. The van der Waals surface area contributed by atoms with E-state index in [-0.39, 0.29) is 35.7 Å². The predicted octanol–water partition coefficient (Wildman–Crippen LogP) is 9.77. The van der Waals surface area contributed by atoms with Crippen molar-refractivity contribution in [3.05, 3.63) is 35.4 Å². The quantitative estimate of drug-likeness (QED) is 0.149. The Kier molecular flexibility index (Phi) is 13.5. The van der Waals surface area contributed by atoms with Crippen LogP contribution in [0.25, 0.3) is 0 Å². The maximum atomic E-state index is 12.2. The zero-order chi connectivity index (χ0) is 39.5. The van der Waals surface area contributed by atoms with Crippen molar-refractivity contribution in [2.24, 2.45) is 28.1 Å². The fourth-order valence-corrected chi connectivity index (χ4v) is 5.99. The first-order valence-corrected chi connectivity index (χ1v) is 17.4. The minimum Gasteiger partial charge on any atom is -0.458 e. The summed E-state index contributed by atoms with van der Waals surface area (Å²) in [5, 5.41) is 9.31. The number of hydrogen-bond acceptors (Lipinski definition) is 7. The zero-order valence-corrected chi connectivity index (χ0v) is 31.5. The minimum atomic E-state index is -5.67. The number of fused-ring (bicyclic) bond motifs is 1. The van der Waals surface area contributed by atoms with E-state index in [1.807, 2.05) is 20.8 Å². The SMILES string of the molecule is CCC(C)(C)C(=O)OC(C(F)(F)F)C(F)(F)F.CCC(C)(C)C(=O)OC1C2CC3C1OC(=O)C3(C#N)C2.CCC(C)c1ccc(C(C)(C)C)cc1. The standard InChI is InChI=1S/C15H19NO4.C14H22.C9H12F6O2/c1-4-14(2,3)12(17)19-10-8-5-9-11(10)20-13(18)15(9,6-8)7-16;1-6-11(2)12-7-9-13(10-8-12)14(3,4)5;1-4-7(2,3)6(16)17-5(8(10,11)12)9(13,14)15/h8-11H,4-6H2,1-3H3;7-11H,6H2,1-5H3;5H,4H2,1-3H3. The summed E-state index contributed by atoms with van der Waals surface area (Å²) in [5.41, 5.74) is 0.253. The van der Waals surface area contributed by atoms with Gasteiger partial charge < -0.3 is 14.2 Å². The molecule has 1 aromatic carbocycles. The first-order chi connectivity index (χ1) is 23.1. The van der Waals surface area contributed by atoms with E-state index in [2.05, 4.69) is 69.7 Å². The van der Waals surface area contributed by atoms with Crippen LogP contribution in [-0.4, -0.2) is 48.6 Å². The molecule has 6 unspecified atom stereocenters. The molecule has 3 fully saturated rings. The van der Waals surface area contributed by atoms with Crippen molar-refractivity contribution < 1.29 is 54.9 Å². The third kappa shape index (κ3) is 9.98. The monoisotopic (exact) mass is 733 g/mol. The molecule has 4 rings (SSSR count). The molecule has 2 saturated carbocycles. The average molecular weight is 734 g/mol. The highest BCUT2D eigenvalue weighted by Crippen LogP contribution is 2.62. The number of halogens is 6. The molecule has 3 aliphatic rings. The molecular weight excluding hydrogens is 680 g/mol. The number of hydrogen-bond donors (Lipinski definition) is 0. The number of nitrogens with zero attached hydrogens (tertiary/aromatic N) is 1. The van der Waals surface area contributed by atoms with E-state index in [0.717, 1.165) is 6.42 Å². The summed E-state index contributed by atoms with van der Waals surface area (Å²) in [6, 6.07) is 11.2. The maximum Gasteiger partial charge on any atom is 0.434 e. The molecule has 2 bridgehead atoms. The van der Waals surface area contributed by atoms with Gasteiger partial charge >= 0.3 is 30.3 Å². The number of esters is 3. The van der Waals surface area contributed by atoms with Crippen LogP contribution in [0.15, 0.2) is 24.3 Å². The Hall–Kier alpha value is -3.30. The lowest BCUT2D eigenvalue weighted by Gasteiger charge is -2.30. The Morgan fingerprint density at radius 1 is 0.902 bits per heavy atom. The number of carbonyl (C=O) groups is 3. The lowest BCUT2D eigenvalue weighted by molar-refractivity contribution is -0.315. The van der Waals surface area contributed by atoms with Gasteiger partial charge in [-0.2, -0.15) is 31.6 Å². The lowest BCUT2D eigenvalue weighted by Crippen LogP contribution is -2.47. The van der Waals surface area contributed by atoms with Gasteiger partial charge in [0.1, 0.15) is 12.2 Å². The Morgan fingerprint density at radius 2 is 1.39 bits per heavy atom. The van der Waals surface area contributed by atoms with Crippen LogP contribution in [-0.2, 0) is 34.0 Å². The number of nitriles is 1. The van der Waals surface area contributed by atoms with Crippen molar-refractivity contribution in [1.29, 1.82) is 5.26 Å². The van der Waals surface area contributed by atoms with Crippen LogP contribution in [0, 0.1) is 39.4 Å². The zero-order valence-electron chi connectivity index (χ0n) is 31.5. The molecule has 0 aromatic heterocycles. The molecule has 13 heteroatoms. The van der Waals surface area contributed by atoms with Crippen molar-refractivity contribution in [3.8, 4) is 6.07 Å². The van der Waals surface area contributed by atoms with Crippen molar-refractivity contribution >= 4 is 17.9 Å². The fourth-order valence-electron chi connectivity index (χ4n) is 5.99. The molecule has 0 N–H and O–H groups in total. The van der Waals surface area contributed by atoms with E-state index in [1.165, 1.54) is 38.3 Å². The highest BCUT2D eigenvalue weighted by Gasteiger charge is 2.72. The molecule has 0 spiro atoms. The Balaban J connectivity index is 0.000000270. The van der Waals surface area contributed by atoms with Crippen LogP contribution in [0.3, 0.4) is 0 Å². The Labute approximate surface area is 297 Å². The van der Waals surface area contributed by atoms with Gasteiger partial charge in [0.25, 0.3) is 6.10 Å². The summed E-state index contributed by atoms with van der Waals surface area (Å²) in [5.74, 6) is -1.54. The van der Waals surface area contributed by atoms with Gasteiger partial charge in [-0.05, 0) is 82.3 Å². The summed E-state index contributed by atoms with van der Waals surface area (Å²) in [7, 11) is 0. The van der Waals surface area contributed by atoms with Gasteiger partial charge in [-0.3, -0.25) is 14.4 Å². The second-order valence-electron chi connectivity index (χ2n) is 16.2. The van der Waals surface area contributed by atoms with E-state index >= 15 is 0 Å². The summed E-state index contributed by atoms with van der Waals surface area (Å²) in [4.78, 5) is 35.3. The van der Waals surface area contributed by atoms with Crippen LogP contribution in [0.5, 0.6) is 0 Å². The first-order valence-electron chi connectivity index (χ1n) is 17.4. The van der Waals surface area contributed by atoms with Gasteiger partial charge in [0.15, 0.2) is 5.41 Å². The van der Waals surface area contributed by atoms with Gasteiger partial charge in [0.05, 0.1) is 16.9 Å². The molecule has 0 amide bonds. The van der Waals surface area contributed by atoms with E-state index in [0.29, 0.717) is 18.8 Å². The summed E-state index contributed by atoms with van der Waals surface area (Å²) < 4.78 is 87.0. The van der Waals surface area contributed by atoms with E-state index in [4.69, 9.17) is 9.47 Å². The van der Waals surface area contributed by atoms with Crippen molar-refractivity contribution in [3.63, 3.8) is 0 Å². The van der Waals surface area contributed by atoms with Gasteiger partial charge in [-0.25, -0.2) is 0 Å². The third-order valence-corrected chi connectivity index (χ3v) is 10.7. The fraction of sp³-hybridized carbons (Fsp3) is 0.737. The van der Waals surface area contributed by atoms with Crippen LogP contribution < -0.4 is 0 Å². The molecule has 1 saturated heterocycles. The molecule has 1 aliphatic heterocycles. The summed E-state index contributed by atoms with van der Waals surface area (Å²) >= 11 is 0. The van der Waals surface area contributed by atoms with Gasteiger partial charge in [0, 0.05) is 11.8 Å². The number of rotatable bonds is 8. The number of alkyl halides is 6. The molecule has 1 heterocycles. The average Bonchev–Trinajstić information content (AvgIpc) is 3.64. The maximum absolute atomic E-state index is 12.2. The normalized spacial score (nSPS) is 24.8. The van der Waals surface area contributed by atoms with Crippen LogP contribution in [0.1, 0.15) is 125 Å². The Bertz CT molecular complexity index is 1410. The molecule has 51 heavy (non-hydrogen) atoms. The second kappa shape index (κ2) is 15.7. The van der Waals surface area contributed by atoms with Crippen molar-refractivity contribution in [2.45, 2.75) is 150 Å². The highest BCUT2D eigenvalue weighted by atomic mass is 19.4. The number of benzene rings is 1. The predicted molar refractivity (Wildman–Crippen MR) is 178 cm³/mol. The van der Waals surface area contributed by atoms with Gasteiger partial charge in [-0.15, -0.1) is 0 Å². The van der Waals surface area contributed by atoms with Gasteiger partial charge in [0.2, 0.25) is 0 Å². The van der Waals surface area contributed by atoms with Gasteiger partial charge in [-0.1, -0.05) is 72.7 Å². The first kappa shape index (κ1) is 43.9. The van der Waals surface area contributed by atoms with Crippen LogP contribution in [0.2, 0.25) is 0 Å². The molecular formula is C38H53F6NO6. The minimum absolute atomic E-state index is 0.0638. The molecule has 2 aliphatic carbocycles. The second-order valence-corrected chi connectivity index (χ2v) is 16.2. The number of ether oxygens (including phenoxy) is 3. The molecule has 7 nitrogen and oxygen atoms in total. The topological polar surface area (TPSA) is 103 Å². The molecule has 1 aromatic rings. The van der Waals surface area contributed by atoms with E-state index in [1.54, 1.807) is 0 Å². The Morgan fingerprint density at radius 3 is 1.80 bits per heavy atom. The molecule has 0 radical (unpaired) electrons. The van der Waals surface area contributed by atoms with E-state index in [9.17, 15) is 46.0 Å². The molecule has 6 atom stereocenters. The number of carbonyl (C=O) groups excluding carboxylic acids is 3. The molecule has 288 valence electrons. The smallest absolute Gasteiger partial charge is 0.434 e.